The molecular formula is C20H24F2N4O. The van der Waals surface area contributed by atoms with Crippen LogP contribution < -0.4 is 5.32 Å². The lowest BCUT2D eigenvalue weighted by Crippen LogP contribution is -2.43. The Morgan fingerprint density at radius 3 is 2.48 bits per heavy atom. The van der Waals surface area contributed by atoms with Crippen molar-refractivity contribution in [2.45, 2.75) is 12.6 Å². The second kappa shape index (κ2) is 8.54. The molecule has 0 radical (unpaired) electrons. The van der Waals surface area contributed by atoms with Gasteiger partial charge in [-0.15, -0.1) is 0 Å². The number of nitrogens with one attached hydrogen (secondary N) is 1. The number of carbonyl (C=O) groups excluding carboxylic acids is 1. The number of pyridine rings is 1. The molecule has 1 aliphatic rings. The normalized spacial score (nSPS) is 20.2. The van der Waals surface area contributed by atoms with Crippen molar-refractivity contribution in [3.63, 3.8) is 0 Å². The molecule has 1 aliphatic heterocycles. The van der Waals surface area contributed by atoms with E-state index in [2.05, 4.69) is 20.1 Å². The summed E-state index contributed by atoms with van der Waals surface area (Å²) in [5, 5.41) is 2.97. The molecular weight excluding hydrogens is 350 g/mol. The topological polar surface area (TPSA) is 48.5 Å². The zero-order chi connectivity index (χ0) is 19.4. The molecule has 3 rings (SSSR count). The Balaban J connectivity index is 1.69. The fraction of sp³-hybridized carbons (Fsp3) is 0.400. The number of hydrogen-bond donors (Lipinski definition) is 1. The number of halogens is 2. The van der Waals surface area contributed by atoms with E-state index in [-0.39, 0.29) is 17.5 Å². The highest BCUT2D eigenvalue weighted by Crippen LogP contribution is 2.21. The summed E-state index contributed by atoms with van der Waals surface area (Å²) in [6.07, 6.45) is 3.53. The van der Waals surface area contributed by atoms with Gasteiger partial charge in [-0.3, -0.25) is 14.7 Å². The summed E-state index contributed by atoms with van der Waals surface area (Å²) < 4.78 is 26.8. The summed E-state index contributed by atoms with van der Waals surface area (Å²) in [6.45, 7) is 3.11. The van der Waals surface area contributed by atoms with Gasteiger partial charge < -0.3 is 10.2 Å². The summed E-state index contributed by atoms with van der Waals surface area (Å²) >= 11 is 0. The highest BCUT2D eigenvalue weighted by molar-refractivity contribution is 5.94. The third kappa shape index (κ3) is 5.30. The summed E-state index contributed by atoms with van der Waals surface area (Å²) in [4.78, 5) is 20.9. The van der Waals surface area contributed by atoms with E-state index in [0.29, 0.717) is 6.54 Å². The monoisotopic (exact) mass is 374 g/mol. The largest absolute Gasteiger partial charge is 0.348 e. The fourth-order valence-electron chi connectivity index (χ4n) is 3.59. The minimum atomic E-state index is -0.754. The molecule has 27 heavy (non-hydrogen) atoms. The average Bonchev–Trinajstić information content (AvgIpc) is 2.95. The molecule has 1 N–H and O–H groups in total. The number of likely N-dealkylation sites (tertiary alicyclic amines) is 1. The van der Waals surface area contributed by atoms with Gasteiger partial charge in [0.15, 0.2) is 0 Å². The lowest BCUT2D eigenvalue weighted by Gasteiger charge is -2.23. The number of amides is 1. The minimum absolute atomic E-state index is 0.00341. The standard InChI is InChI=1S/C20H24F2N4O/c1-25(2)11-16-12-26(10-14-3-5-23-6-4-14)13-19(16)24-20(27)15-7-17(21)9-18(22)8-15/h3-9,16,19H,10-13H2,1-2H3,(H,24,27)/t16-,19-/m1/s1. The smallest absolute Gasteiger partial charge is 0.251 e. The van der Waals surface area contributed by atoms with Crippen molar-refractivity contribution in [1.29, 1.82) is 0 Å². The third-order valence-electron chi connectivity index (χ3n) is 4.71. The maximum Gasteiger partial charge on any atom is 0.251 e. The van der Waals surface area contributed by atoms with E-state index >= 15 is 0 Å². The fourth-order valence-corrected chi connectivity index (χ4v) is 3.59. The predicted molar refractivity (Wildman–Crippen MR) is 99.2 cm³/mol. The summed E-state index contributed by atoms with van der Waals surface area (Å²) in [5.74, 6) is -1.73. The summed E-state index contributed by atoms with van der Waals surface area (Å²) in [5.41, 5.74) is 1.16. The SMILES string of the molecule is CN(C)C[C@@H]1CN(Cc2ccncc2)C[C@H]1NC(=O)c1cc(F)cc(F)c1. The zero-order valence-corrected chi connectivity index (χ0v) is 15.5. The van der Waals surface area contributed by atoms with Gasteiger partial charge in [-0.1, -0.05) is 0 Å². The molecule has 0 spiro atoms. The molecule has 144 valence electrons. The van der Waals surface area contributed by atoms with E-state index in [1.54, 1.807) is 12.4 Å². The van der Waals surface area contributed by atoms with Crippen LogP contribution in [0.1, 0.15) is 15.9 Å². The van der Waals surface area contributed by atoms with Gasteiger partial charge in [0.1, 0.15) is 11.6 Å². The molecule has 1 saturated heterocycles. The zero-order valence-electron chi connectivity index (χ0n) is 15.5. The first kappa shape index (κ1) is 19.4. The van der Waals surface area contributed by atoms with Crippen molar-refractivity contribution in [3.05, 3.63) is 65.5 Å². The molecule has 2 heterocycles. The second-order valence-electron chi connectivity index (χ2n) is 7.31. The van der Waals surface area contributed by atoms with E-state index < -0.39 is 17.5 Å². The molecule has 2 atom stereocenters. The van der Waals surface area contributed by atoms with Crippen molar-refractivity contribution in [3.8, 4) is 0 Å². The van der Waals surface area contributed by atoms with Crippen LogP contribution in [0.25, 0.3) is 0 Å². The lowest BCUT2D eigenvalue weighted by atomic mass is 10.0. The number of benzene rings is 1. The van der Waals surface area contributed by atoms with Crippen molar-refractivity contribution in [2.24, 2.45) is 5.92 Å². The second-order valence-corrected chi connectivity index (χ2v) is 7.31. The number of rotatable bonds is 6. The Kier molecular flexibility index (Phi) is 6.13. The van der Waals surface area contributed by atoms with E-state index in [4.69, 9.17) is 0 Å². The van der Waals surface area contributed by atoms with Gasteiger partial charge >= 0.3 is 0 Å². The molecule has 1 aromatic carbocycles. The Labute approximate surface area is 158 Å². The van der Waals surface area contributed by atoms with Gasteiger partial charge in [-0.2, -0.15) is 0 Å². The molecule has 0 bridgehead atoms. The number of carbonyl (C=O) groups is 1. The first-order valence-corrected chi connectivity index (χ1v) is 8.93. The number of nitrogens with zero attached hydrogens (tertiary/aromatic N) is 3. The third-order valence-corrected chi connectivity index (χ3v) is 4.71. The summed E-state index contributed by atoms with van der Waals surface area (Å²) in [7, 11) is 3.98. The molecule has 1 fully saturated rings. The van der Waals surface area contributed by atoms with Crippen LogP contribution in [-0.4, -0.2) is 60.5 Å². The van der Waals surface area contributed by atoms with Crippen LogP contribution in [0, 0.1) is 17.6 Å². The van der Waals surface area contributed by atoms with Gasteiger partial charge in [0.05, 0.1) is 0 Å². The molecule has 0 saturated carbocycles. The average molecular weight is 374 g/mol. The quantitative estimate of drug-likeness (QED) is 0.842. The highest BCUT2D eigenvalue weighted by Gasteiger charge is 2.34. The van der Waals surface area contributed by atoms with Crippen molar-refractivity contribution >= 4 is 5.91 Å². The van der Waals surface area contributed by atoms with Crippen LogP contribution >= 0.6 is 0 Å². The predicted octanol–water partition coefficient (Wildman–Crippen LogP) is 2.15. The van der Waals surface area contributed by atoms with Crippen LogP contribution in [0.2, 0.25) is 0 Å². The van der Waals surface area contributed by atoms with Crippen LogP contribution in [0.15, 0.2) is 42.7 Å². The number of aromatic nitrogens is 1. The van der Waals surface area contributed by atoms with Crippen LogP contribution in [-0.2, 0) is 6.54 Å². The van der Waals surface area contributed by atoms with Crippen LogP contribution in [0.5, 0.6) is 0 Å². The summed E-state index contributed by atoms with van der Waals surface area (Å²) in [6, 6.07) is 6.74. The maximum atomic E-state index is 13.4. The van der Waals surface area contributed by atoms with Crippen LogP contribution in [0.4, 0.5) is 8.78 Å². The van der Waals surface area contributed by atoms with Crippen LogP contribution in [0.3, 0.4) is 0 Å². The Hall–Kier alpha value is -2.38. The molecule has 7 heteroatoms. The van der Waals surface area contributed by atoms with Crippen molar-refractivity contribution in [2.75, 3.05) is 33.7 Å². The number of hydrogen-bond acceptors (Lipinski definition) is 4. The first-order chi connectivity index (χ1) is 12.9. The van der Waals surface area contributed by atoms with E-state index in [0.717, 1.165) is 43.4 Å². The molecule has 0 aliphatic carbocycles. The van der Waals surface area contributed by atoms with E-state index in [1.165, 1.54) is 0 Å². The minimum Gasteiger partial charge on any atom is -0.348 e. The Morgan fingerprint density at radius 2 is 1.85 bits per heavy atom. The molecule has 5 nitrogen and oxygen atoms in total. The maximum absolute atomic E-state index is 13.4. The van der Waals surface area contributed by atoms with Gasteiger partial charge in [0.25, 0.3) is 5.91 Å². The van der Waals surface area contributed by atoms with Gasteiger partial charge in [-0.05, 0) is 43.9 Å². The van der Waals surface area contributed by atoms with Gasteiger partial charge in [0.2, 0.25) is 0 Å². The van der Waals surface area contributed by atoms with Gasteiger partial charge in [0, 0.05) is 62.2 Å². The van der Waals surface area contributed by atoms with Gasteiger partial charge in [-0.25, -0.2) is 8.78 Å². The van der Waals surface area contributed by atoms with E-state index in [9.17, 15) is 13.6 Å². The molecule has 0 unspecified atom stereocenters. The molecule has 1 amide bonds. The molecule has 2 aromatic rings. The lowest BCUT2D eigenvalue weighted by molar-refractivity contribution is 0.0926. The van der Waals surface area contributed by atoms with Crippen molar-refractivity contribution in [1.82, 2.24) is 20.1 Å². The highest BCUT2D eigenvalue weighted by atomic mass is 19.1. The molecule has 1 aromatic heterocycles. The first-order valence-electron chi connectivity index (χ1n) is 8.93. The van der Waals surface area contributed by atoms with Crippen molar-refractivity contribution < 1.29 is 13.6 Å². The Bertz CT molecular complexity index is 765. The van der Waals surface area contributed by atoms with E-state index in [1.807, 2.05) is 26.2 Å². The Morgan fingerprint density at radius 1 is 1.19 bits per heavy atom.